The number of halogens is 2. The first-order valence-electron chi connectivity index (χ1n) is 10.9. The van der Waals surface area contributed by atoms with Crippen LogP contribution in [0.5, 0.6) is 0 Å². The number of carbonyl (C=O) groups is 1. The van der Waals surface area contributed by atoms with E-state index >= 15 is 0 Å². The van der Waals surface area contributed by atoms with Gasteiger partial charge in [-0.3, -0.25) is 21.2 Å². The highest BCUT2D eigenvalue weighted by atomic mass is 19.2. The maximum Gasteiger partial charge on any atom is 0.260 e. The molecule has 2 aromatic carbocycles. The molecule has 1 aromatic heterocycles. The second-order valence-corrected chi connectivity index (χ2v) is 9.30. The summed E-state index contributed by atoms with van der Waals surface area (Å²) in [5.41, 5.74) is 14.3. The number of hydrogen-bond donors (Lipinski definition) is 4. The van der Waals surface area contributed by atoms with Gasteiger partial charge < -0.3 is 14.8 Å². The molecule has 1 unspecified atom stereocenters. The summed E-state index contributed by atoms with van der Waals surface area (Å²) in [4.78, 5) is 17.9. The van der Waals surface area contributed by atoms with Gasteiger partial charge in [-0.05, 0) is 43.7 Å². The average Bonchev–Trinajstić information content (AvgIpc) is 3.12. The quantitative estimate of drug-likeness (QED) is 0.435. The fourth-order valence-electron chi connectivity index (χ4n) is 4.33. The van der Waals surface area contributed by atoms with Gasteiger partial charge in [0.1, 0.15) is 0 Å². The van der Waals surface area contributed by atoms with Crippen molar-refractivity contribution < 1.29 is 23.4 Å². The number of fused-ring (bicyclic) bond motifs is 3. The van der Waals surface area contributed by atoms with Crippen LogP contribution in [0.25, 0.3) is 16.5 Å². The lowest BCUT2D eigenvalue weighted by Crippen LogP contribution is -2.72. The number of aromatic nitrogens is 1. The van der Waals surface area contributed by atoms with Gasteiger partial charge in [-0.1, -0.05) is 32.0 Å². The predicted octanol–water partition coefficient (Wildman–Crippen LogP) is 3.54. The van der Waals surface area contributed by atoms with Gasteiger partial charge in [-0.15, -0.1) is 0 Å². The van der Waals surface area contributed by atoms with Crippen LogP contribution >= 0.6 is 0 Å². The first kappa shape index (κ1) is 24.0. The maximum absolute atomic E-state index is 13.9. The molecular weight excluding hydrogens is 442 g/mol. The number of nitrogens with two attached hydrogens (primary N) is 2. The Bertz CT molecular complexity index is 1300. The van der Waals surface area contributed by atoms with Crippen LogP contribution in [0, 0.1) is 11.6 Å². The van der Waals surface area contributed by atoms with Crippen molar-refractivity contribution in [3.8, 4) is 0 Å². The Morgan fingerprint density at radius 3 is 2.44 bits per heavy atom. The number of ether oxygens (including phenoxy) is 1. The van der Waals surface area contributed by atoms with Gasteiger partial charge in [0.25, 0.3) is 5.91 Å². The van der Waals surface area contributed by atoms with Gasteiger partial charge in [-0.25, -0.2) is 8.78 Å². The van der Waals surface area contributed by atoms with E-state index in [1.54, 1.807) is 27.7 Å². The van der Waals surface area contributed by atoms with Crippen LogP contribution in [0.4, 0.5) is 8.78 Å². The van der Waals surface area contributed by atoms with Gasteiger partial charge in [0.15, 0.2) is 23.7 Å². The Morgan fingerprint density at radius 1 is 1.12 bits per heavy atom. The second-order valence-electron chi connectivity index (χ2n) is 9.30. The van der Waals surface area contributed by atoms with Crippen molar-refractivity contribution in [3.05, 3.63) is 77.1 Å². The summed E-state index contributed by atoms with van der Waals surface area (Å²) >= 11 is 0. The molecule has 0 spiro atoms. The van der Waals surface area contributed by atoms with Gasteiger partial charge in [0.05, 0.1) is 11.8 Å². The van der Waals surface area contributed by atoms with Crippen LogP contribution in [0.15, 0.2) is 48.7 Å². The minimum atomic E-state index is -1.84. The highest BCUT2D eigenvalue weighted by Crippen LogP contribution is 2.45. The molecule has 34 heavy (non-hydrogen) atoms. The predicted molar refractivity (Wildman–Crippen MR) is 125 cm³/mol. The number of nitrogens with zero attached hydrogens (tertiary/aromatic N) is 1. The summed E-state index contributed by atoms with van der Waals surface area (Å²) in [6, 6.07) is 10.3. The van der Waals surface area contributed by atoms with E-state index in [0.29, 0.717) is 11.3 Å². The Kier molecular flexibility index (Phi) is 5.85. The topological polar surface area (TPSA) is 118 Å². The molecule has 0 bridgehead atoms. The molecule has 0 saturated carbocycles. The third kappa shape index (κ3) is 3.70. The van der Waals surface area contributed by atoms with Crippen molar-refractivity contribution in [2.45, 2.75) is 51.3 Å². The molecule has 0 aliphatic carbocycles. The number of rotatable bonds is 4. The number of para-hydroxylation sites is 1. The zero-order valence-electron chi connectivity index (χ0n) is 19.4. The van der Waals surface area contributed by atoms with Crippen LogP contribution in [-0.4, -0.2) is 39.1 Å². The zero-order chi connectivity index (χ0) is 25.0. The third-order valence-corrected chi connectivity index (χ3v) is 6.34. The molecule has 1 aliphatic heterocycles. The summed E-state index contributed by atoms with van der Waals surface area (Å²) < 4.78 is 33.1. The Balaban J connectivity index is 1.99. The van der Waals surface area contributed by atoms with E-state index in [1.165, 1.54) is 6.20 Å². The number of aromatic amines is 1. The second kappa shape index (κ2) is 8.28. The summed E-state index contributed by atoms with van der Waals surface area (Å²) in [5.74, 6) is -4.87. The number of carbonyl (C=O) groups excluding carboxylic acids is 1. The van der Waals surface area contributed by atoms with Gasteiger partial charge in [0.2, 0.25) is 0 Å². The molecule has 3 aromatic rings. The Labute approximate surface area is 196 Å². The molecule has 2 heterocycles. The summed E-state index contributed by atoms with van der Waals surface area (Å²) in [7, 11) is 0. The van der Waals surface area contributed by atoms with E-state index in [0.717, 1.165) is 34.0 Å². The van der Waals surface area contributed by atoms with E-state index in [-0.39, 0.29) is 17.2 Å². The molecule has 180 valence electrons. The Hall–Kier alpha value is -3.11. The van der Waals surface area contributed by atoms with Crippen LogP contribution in [0.1, 0.15) is 49.3 Å². The van der Waals surface area contributed by atoms with Crippen molar-refractivity contribution in [2.75, 3.05) is 0 Å². The number of nitrogens with one attached hydrogen (secondary N) is 1. The molecular formula is C25H28F2N4O3. The average molecular weight is 471 g/mol. The summed E-state index contributed by atoms with van der Waals surface area (Å²) in [6.45, 7) is 7.09. The smallest absolute Gasteiger partial charge is 0.260 e. The van der Waals surface area contributed by atoms with Crippen molar-refractivity contribution >= 4 is 22.4 Å². The minimum absolute atomic E-state index is 0.153. The largest absolute Gasteiger partial charge is 0.364 e. The van der Waals surface area contributed by atoms with Gasteiger partial charge >= 0.3 is 0 Å². The molecule has 1 aliphatic rings. The number of hydrogen-bond acceptors (Lipinski definition) is 5. The monoisotopic (exact) mass is 470 g/mol. The molecule has 0 fully saturated rings. The van der Waals surface area contributed by atoms with Crippen molar-refractivity contribution in [1.82, 2.24) is 9.88 Å². The maximum atomic E-state index is 13.9. The van der Waals surface area contributed by atoms with E-state index in [4.69, 9.17) is 16.2 Å². The number of aliphatic hydroxyl groups excluding tert-OH is 1. The zero-order valence-corrected chi connectivity index (χ0v) is 19.4. The van der Waals surface area contributed by atoms with Gasteiger partial charge in [0, 0.05) is 33.7 Å². The van der Waals surface area contributed by atoms with Crippen LogP contribution < -0.4 is 11.5 Å². The molecule has 7 nitrogen and oxygen atoms in total. The number of benzene rings is 2. The lowest BCUT2D eigenvalue weighted by molar-refractivity contribution is -0.0861. The number of aliphatic hydroxyl groups is 1. The van der Waals surface area contributed by atoms with Crippen molar-refractivity contribution in [2.24, 2.45) is 11.5 Å². The molecule has 0 radical (unpaired) electrons. The Morgan fingerprint density at radius 2 is 1.79 bits per heavy atom. The fourth-order valence-corrected chi connectivity index (χ4v) is 4.33. The first-order valence-corrected chi connectivity index (χ1v) is 10.9. The highest BCUT2D eigenvalue weighted by Gasteiger charge is 2.51. The number of amides is 1. The first-order chi connectivity index (χ1) is 15.9. The van der Waals surface area contributed by atoms with Crippen molar-refractivity contribution in [3.63, 3.8) is 0 Å². The third-order valence-electron chi connectivity index (χ3n) is 6.34. The molecule has 0 saturated heterocycles. The molecule has 6 N–H and O–H groups in total. The molecule has 4 rings (SSSR count). The van der Waals surface area contributed by atoms with E-state index in [2.05, 4.69) is 4.98 Å². The standard InChI is InChI=1S/C25H28F2N4O3/c1-13(2)34-23(33)16-12-31(22(32)14-9-10-17(26)18(27)11-14)25(28,29)24(3,4)20-15-7-5-6-8-19(15)30-21(16)20/h5-13,23,30,33H,28-29H2,1-4H3. The highest BCUT2D eigenvalue weighted by molar-refractivity contribution is 5.98. The van der Waals surface area contributed by atoms with E-state index < -0.39 is 35.0 Å². The van der Waals surface area contributed by atoms with Crippen LogP contribution in [0.3, 0.4) is 0 Å². The van der Waals surface area contributed by atoms with E-state index in [9.17, 15) is 18.7 Å². The van der Waals surface area contributed by atoms with Crippen LogP contribution in [-0.2, 0) is 10.2 Å². The van der Waals surface area contributed by atoms with Gasteiger partial charge in [-0.2, -0.15) is 0 Å². The molecule has 1 atom stereocenters. The van der Waals surface area contributed by atoms with E-state index in [1.807, 2.05) is 24.3 Å². The summed E-state index contributed by atoms with van der Waals surface area (Å²) in [5, 5.41) is 11.8. The normalized spacial score (nSPS) is 17.9. The molecule has 1 amide bonds. The fraction of sp³-hybridized carbons (Fsp3) is 0.320. The SMILES string of the molecule is CC(C)OC(O)C1=CN(C(=O)c2ccc(F)c(F)c2)C(N)(N)C(C)(C)c2c1[nH]c1ccccc21. The molecule has 9 heteroatoms. The van der Waals surface area contributed by atoms with Crippen molar-refractivity contribution in [1.29, 1.82) is 0 Å². The van der Waals surface area contributed by atoms with Crippen LogP contribution in [0.2, 0.25) is 0 Å². The lowest BCUT2D eigenvalue weighted by Gasteiger charge is -2.46. The lowest BCUT2D eigenvalue weighted by atomic mass is 9.76. The minimum Gasteiger partial charge on any atom is -0.364 e. The summed E-state index contributed by atoms with van der Waals surface area (Å²) in [6.07, 6.45) is -0.452. The number of H-pyrrole nitrogens is 1.